The summed E-state index contributed by atoms with van der Waals surface area (Å²) < 4.78 is 0. The van der Waals surface area contributed by atoms with Crippen LogP contribution in [0.3, 0.4) is 0 Å². The number of pyridine rings is 2. The molecule has 0 spiro atoms. The summed E-state index contributed by atoms with van der Waals surface area (Å²) in [5, 5.41) is 9.86. The minimum atomic E-state index is 0.728. The zero-order chi connectivity index (χ0) is 31.6. The molecule has 10 rings (SSSR count). The van der Waals surface area contributed by atoms with Gasteiger partial charge < -0.3 is 0 Å². The van der Waals surface area contributed by atoms with Crippen LogP contribution < -0.4 is 0 Å². The molecule has 10 aromatic rings. The van der Waals surface area contributed by atoms with E-state index in [2.05, 4.69) is 137 Å². The molecule has 0 aliphatic rings. The molecule has 0 aliphatic carbocycles. The molecule has 0 atom stereocenters. The van der Waals surface area contributed by atoms with Gasteiger partial charge in [0.1, 0.15) is 0 Å². The monoisotopic (exact) mass is 610 g/mol. The zero-order valence-corrected chi connectivity index (χ0v) is 25.8. The Morgan fingerprint density at radius 1 is 0.354 bits per heavy atom. The summed E-state index contributed by atoms with van der Waals surface area (Å²) in [7, 11) is 0. The number of fused-ring (bicyclic) bond motifs is 3. The Balaban J connectivity index is 1.07. The van der Waals surface area contributed by atoms with E-state index >= 15 is 0 Å². The quantitative estimate of drug-likeness (QED) is 0.186. The van der Waals surface area contributed by atoms with Crippen molar-refractivity contribution in [1.29, 1.82) is 0 Å². The molecule has 0 saturated carbocycles. The highest BCUT2D eigenvalue weighted by Crippen LogP contribution is 2.43. The molecule has 0 saturated heterocycles. The van der Waals surface area contributed by atoms with Crippen molar-refractivity contribution in [3.8, 4) is 44.9 Å². The maximum absolute atomic E-state index is 5.22. The number of rotatable bonds is 4. The van der Waals surface area contributed by atoms with Crippen molar-refractivity contribution in [2.45, 2.75) is 0 Å². The summed E-state index contributed by atoms with van der Waals surface area (Å²) in [4.78, 5) is 18.9. The van der Waals surface area contributed by atoms with Gasteiger partial charge in [-0.25, -0.2) is 15.0 Å². The van der Waals surface area contributed by atoms with E-state index in [1.807, 2.05) is 18.3 Å². The third kappa shape index (κ3) is 4.16. The smallest absolute Gasteiger partial charge is 0.159 e. The number of aromatic nitrogens is 4. The van der Waals surface area contributed by atoms with E-state index in [0.717, 1.165) is 55.6 Å². The van der Waals surface area contributed by atoms with Gasteiger partial charge in [-0.15, -0.1) is 0 Å². The first-order chi connectivity index (χ1) is 23.8. The van der Waals surface area contributed by atoms with Gasteiger partial charge in [0.25, 0.3) is 0 Å². The van der Waals surface area contributed by atoms with Crippen LogP contribution in [-0.4, -0.2) is 19.9 Å². The molecule has 0 fully saturated rings. The molecule has 4 heteroatoms. The molecule has 48 heavy (non-hydrogen) atoms. The zero-order valence-electron chi connectivity index (χ0n) is 25.8. The number of benzene rings is 7. The van der Waals surface area contributed by atoms with Crippen molar-refractivity contribution >= 4 is 54.1 Å². The first-order valence-corrected chi connectivity index (χ1v) is 16.1. The van der Waals surface area contributed by atoms with Gasteiger partial charge in [-0.3, -0.25) is 4.98 Å². The van der Waals surface area contributed by atoms with Crippen LogP contribution in [0.15, 0.2) is 158 Å². The molecule has 0 unspecified atom stereocenters. The van der Waals surface area contributed by atoms with E-state index < -0.39 is 0 Å². The largest absolute Gasteiger partial charge is 0.254 e. The van der Waals surface area contributed by atoms with Crippen LogP contribution in [0.2, 0.25) is 0 Å². The third-order valence-corrected chi connectivity index (χ3v) is 9.57. The Bertz CT molecular complexity index is 2810. The number of nitrogens with zero attached hydrogens (tertiary/aromatic N) is 4. The fourth-order valence-corrected chi connectivity index (χ4v) is 7.28. The summed E-state index contributed by atoms with van der Waals surface area (Å²) in [5.74, 6) is 0.728. The van der Waals surface area contributed by atoms with Crippen LogP contribution in [0.5, 0.6) is 0 Å². The average molecular weight is 611 g/mol. The Morgan fingerprint density at radius 3 is 1.73 bits per heavy atom. The molecular weight excluding hydrogens is 585 g/mol. The van der Waals surface area contributed by atoms with E-state index in [1.165, 1.54) is 43.4 Å². The summed E-state index contributed by atoms with van der Waals surface area (Å²) in [5.41, 5.74) is 9.49. The highest BCUT2D eigenvalue weighted by atomic mass is 14.8. The molecule has 3 aromatic heterocycles. The number of hydrogen-bond donors (Lipinski definition) is 0. The molecule has 0 radical (unpaired) electrons. The molecule has 4 nitrogen and oxygen atoms in total. The van der Waals surface area contributed by atoms with Gasteiger partial charge in [-0.1, -0.05) is 109 Å². The highest BCUT2D eigenvalue weighted by molar-refractivity contribution is 6.27. The van der Waals surface area contributed by atoms with Gasteiger partial charge in [-0.2, -0.15) is 0 Å². The van der Waals surface area contributed by atoms with Gasteiger partial charge in [-0.05, 0) is 84.9 Å². The lowest BCUT2D eigenvalue weighted by Crippen LogP contribution is -1.93. The fourth-order valence-electron chi connectivity index (χ4n) is 7.28. The summed E-state index contributed by atoms with van der Waals surface area (Å²) in [6.45, 7) is 0. The van der Waals surface area contributed by atoms with Crippen LogP contribution in [0, 0.1) is 0 Å². The van der Waals surface area contributed by atoms with Crippen LogP contribution in [0.1, 0.15) is 0 Å². The molecule has 7 aromatic carbocycles. The number of hydrogen-bond acceptors (Lipinski definition) is 4. The summed E-state index contributed by atoms with van der Waals surface area (Å²) in [6.07, 6.45) is 5.40. The van der Waals surface area contributed by atoms with E-state index in [9.17, 15) is 0 Å². The van der Waals surface area contributed by atoms with Crippen molar-refractivity contribution in [1.82, 2.24) is 19.9 Å². The Kier molecular flexibility index (Phi) is 5.84. The minimum Gasteiger partial charge on any atom is -0.254 e. The first kappa shape index (κ1) is 26.7. The fraction of sp³-hybridized carbons (Fsp3) is 0. The topological polar surface area (TPSA) is 51.6 Å². The molecule has 0 amide bonds. The standard InChI is InChI=1S/C44H26N4/c1-5-30-16-17-31-6-2-8-35-37(25-33(7-1)40(30)41(31)35)38-26-34-20-21-39(48-42(34)43-36(38)9-3-22-45-43)29-14-10-27(11-15-29)28-12-18-32(19-13-28)44-46-23-4-24-47-44/h1-26H. The predicted octanol–water partition coefficient (Wildman–Crippen LogP) is 11.1. The second kappa shape index (κ2) is 10.5. The van der Waals surface area contributed by atoms with Gasteiger partial charge in [0.2, 0.25) is 0 Å². The van der Waals surface area contributed by atoms with Crippen LogP contribution >= 0.6 is 0 Å². The second-order valence-corrected chi connectivity index (χ2v) is 12.3. The molecule has 3 heterocycles. The molecule has 0 aliphatic heterocycles. The normalized spacial score (nSPS) is 11.8. The van der Waals surface area contributed by atoms with Gasteiger partial charge in [0.15, 0.2) is 5.82 Å². The van der Waals surface area contributed by atoms with Crippen LogP contribution in [0.4, 0.5) is 0 Å². The van der Waals surface area contributed by atoms with Crippen LogP contribution in [0.25, 0.3) is 99.0 Å². The van der Waals surface area contributed by atoms with Crippen molar-refractivity contribution in [3.63, 3.8) is 0 Å². The van der Waals surface area contributed by atoms with Crippen molar-refractivity contribution < 1.29 is 0 Å². The first-order valence-electron chi connectivity index (χ1n) is 16.1. The lowest BCUT2D eigenvalue weighted by atomic mass is 9.87. The highest BCUT2D eigenvalue weighted by Gasteiger charge is 2.17. The Labute approximate surface area is 276 Å². The van der Waals surface area contributed by atoms with Crippen LogP contribution in [-0.2, 0) is 0 Å². The van der Waals surface area contributed by atoms with E-state index in [4.69, 9.17) is 9.97 Å². The van der Waals surface area contributed by atoms with E-state index in [1.54, 1.807) is 12.4 Å². The van der Waals surface area contributed by atoms with Gasteiger partial charge in [0.05, 0.1) is 16.7 Å². The van der Waals surface area contributed by atoms with E-state index in [-0.39, 0.29) is 0 Å². The van der Waals surface area contributed by atoms with E-state index in [0.29, 0.717) is 0 Å². The van der Waals surface area contributed by atoms with Crippen molar-refractivity contribution in [2.75, 3.05) is 0 Å². The maximum Gasteiger partial charge on any atom is 0.159 e. The summed E-state index contributed by atoms with van der Waals surface area (Å²) >= 11 is 0. The Hall–Kier alpha value is -6.52. The summed E-state index contributed by atoms with van der Waals surface area (Å²) in [6, 6.07) is 49.7. The predicted molar refractivity (Wildman–Crippen MR) is 198 cm³/mol. The van der Waals surface area contributed by atoms with Crippen molar-refractivity contribution in [3.05, 3.63) is 158 Å². The SMILES string of the molecule is c1cnc(-c2ccc(-c3ccc(-c4ccc5cc(-c6cc7cccc8ccc9cccc6c9c87)c6cccnc6c5n4)cc3)cc2)nc1. The average Bonchev–Trinajstić information content (AvgIpc) is 3.17. The van der Waals surface area contributed by atoms with Gasteiger partial charge in [0, 0.05) is 40.5 Å². The molecule has 0 bridgehead atoms. The molecular formula is C44H26N4. The third-order valence-electron chi connectivity index (χ3n) is 9.57. The lowest BCUT2D eigenvalue weighted by molar-refractivity contribution is 1.18. The second-order valence-electron chi connectivity index (χ2n) is 12.3. The maximum atomic E-state index is 5.22. The minimum absolute atomic E-state index is 0.728. The van der Waals surface area contributed by atoms with Gasteiger partial charge >= 0.3 is 0 Å². The Morgan fingerprint density at radius 2 is 0.938 bits per heavy atom. The molecule has 222 valence electrons. The molecule has 0 N–H and O–H groups in total. The van der Waals surface area contributed by atoms with Crippen molar-refractivity contribution in [2.24, 2.45) is 0 Å². The lowest BCUT2D eigenvalue weighted by Gasteiger charge is -2.17.